The minimum atomic E-state index is -0.989. The van der Waals surface area contributed by atoms with Crippen LogP contribution in [-0.4, -0.2) is 45.2 Å². The van der Waals surface area contributed by atoms with Gasteiger partial charge < -0.3 is 20.1 Å². The number of nitrogens with one attached hydrogen (secondary N) is 1. The third-order valence-electron chi connectivity index (χ3n) is 3.79. The summed E-state index contributed by atoms with van der Waals surface area (Å²) in [6, 6.07) is 4.69. The Balaban J connectivity index is 1.90. The lowest BCUT2D eigenvalue weighted by molar-refractivity contribution is -0.141. The normalized spacial score (nSPS) is 18.9. The third kappa shape index (κ3) is 2.54. The van der Waals surface area contributed by atoms with Gasteiger partial charge in [-0.05, 0) is 31.0 Å². The van der Waals surface area contributed by atoms with Crippen molar-refractivity contribution in [1.29, 1.82) is 0 Å². The molecule has 3 rings (SSSR count). The van der Waals surface area contributed by atoms with E-state index in [4.69, 9.17) is 10.2 Å². The predicted octanol–water partition coefficient (Wildman–Crippen LogP) is 1.56. The summed E-state index contributed by atoms with van der Waals surface area (Å²) in [5.41, 5.74) is 1.51. The van der Waals surface area contributed by atoms with Crippen LogP contribution in [0.2, 0.25) is 0 Å². The summed E-state index contributed by atoms with van der Waals surface area (Å²) < 4.78 is 0. The number of aromatic carboxylic acids is 1. The molecule has 7 nitrogen and oxygen atoms in total. The summed E-state index contributed by atoms with van der Waals surface area (Å²) in [5, 5.41) is 18.1. The molecule has 3 N–H and O–H groups in total. The summed E-state index contributed by atoms with van der Waals surface area (Å²) in [6.07, 6.45) is 1.48. The first-order valence-corrected chi connectivity index (χ1v) is 6.75. The topological polar surface area (TPSA) is 107 Å². The van der Waals surface area contributed by atoms with Crippen LogP contribution in [0.4, 0.5) is 5.95 Å². The van der Waals surface area contributed by atoms with Crippen molar-refractivity contribution in [2.24, 2.45) is 5.92 Å². The van der Waals surface area contributed by atoms with Gasteiger partial charge in [0.2, 0.25) is 5.95 Å². The van der Waals surface area contributed by atoms with E-state index in [0.29, 0.717) is 29.9 Å². The van der Waals surface area contributed by atoms with Crippen LogP contribution in [0.5, 0.6) is 0 Å². The molecule has 0 radical (unpaired) electrons. The molecule has 2 aromatic rings. The molecule has 1 aromatic heterocycles. The van der Waals surface area contributed by atoms with Crippen LogP contribution in [0, 0.1) is 5.92 Å². The lowest BCUT2D eigenvalue weighted by atomic mass is 9.99. The van der Waals surface area contributed by atoms with Gasteiger partial charge in [-0.1, -0.05) is 0 Å². The minimum Gasteiger partial charge on any atom is -0.481 e. The Morgan fingerprint density at radius 3 is 2.86 bits per heavy atom. The van der Waals surface area contributed by atoms with Gasteiger partial charge >= 0.3 is 11.9 Å². The van der Waals surface area contributed by atoms with Gasteiger partial charge in [-0.15, -0.1) is 0 Å². The molecule has 2 heterocycles. The van der Waals surface area contributed by atoms with E-state index in [1.165, 1.54) is 12.1 Å². The average molecular weight is 289 g/mol. The number of carboxylic acids is 2. The number of aromatic nitrogens is 2. The maximum Gasteiger partial charge on any atom is 0.335 e. The number of hydrogen-bond acceptors (Lipinski definition) is 4. The largest absolute Gasteiger partial charge is 0.481 e. The molecule has 0 bridgehead atoms. The van der Waals surface area contributed by atoms with Crippen molar-refractivity contribution in [3.8, 4) is 0 Å². The smallest absolute Gasteiger partial charge is 0.335 e. The SMILES string of the molecule is O=C(O)c1ccc2nc(N3CCCC(C(=O)O)C3)[nH]c2c1. The number of aromatic amines is 1. The molecule has 0 aliphatic carbocycles. The minimum absolute atomic E-state index is 0.194. The van der Waals surface area contributed by atoms with Gasteiger partial charge in [0.25, 0.3) is 0 Å². The number of piperidine rings is 1. The molecular formula is C14H15N3O4. The standard InChI is InChI=1S/C14H15N3O4/c18-12(19)8-3-4-10-11(6-8)16-14(15-10)17-5-1-2-9(7-17)13(20)21/h3-4,6,9H,1-2,5,7H2,(H,15,16)(H,18,19)(H,20,21). The highest BCUT2D eigenvalue weighted by molar-refractivity contribution is 5.92. The molecule has 0 saturated carbocycles. The highest BCUT2D eigenvalue weighted by Crippen LogP contribution is 2.24. The maximum absolute atomic E-state index is 11.1. The van der Waals surface area contributed by atoms with Crippen LogP contribution in [0.25, 0.3) is 11.0 Å². The molecule has 7 heteroatoms. The van der Waals surface area contributed by atoms with Crippen molar-refractivity contribution >= 4 is 28.9 Å². The van der Waals surface area contributed by atoms with E-state index in [2.05, 4.69) is 9.97 Å². The lowest BCUT2D eigenvalue weighted by Crippen LogP contribution is -2.39. The second-order valence-corrected chi connectivity index (χ2v) is 5.22. The third-order valence-corrected chi connectivity index (χ3v) is 3.79. The fourth-order valence-electron chi connectivity index (χ4n) is 2.65. The number of nitrogens with zero attached hydrogens (tertiary/aromatic N) is 2. The summed E-state index contributed by atoms with van der Waals surface area (Å²) in [6.45, 7) is 1.16. The van der Waals surface area contributed by atoms with E-state index in [0.717, 1.165) is 13.0 Å². The van der Waals surface area contributed by atoms with Crippen LogP contribution in [0.1, 0.15) is 23.2 Å². The number of benzene rings is 1. The van der Waals surface area contributed by atoms with Crippen molar-refractivity contribution in [1.82, 2.24) is 9.97 Å². The molecule has 21 heavy (non-hydrogen) atoms. The Morgan fingerprint density at radius 2 is 2.14 bits per heavy atom. The molecule has 1 aliphatic heterocycles. The van der Waals surface area contributed by atoms with Crippen LogP contribution < -0.4 is 4.90 Å². The summed E-state index contributed by atoms with van der Waals surface area (Å²) in [4.78, 5) is 31.5. The Labute approximate surface area is 120 Å². The van der Waals surface area contributed by atoms with Crippen molar-refractivity contribution in [2.75, 3.05) is 18.0 Å². The zero-order valence-electron chi connectivity index (χ0n) is 11.2. The number of H-pyrrole nitrogens is 1. The highest BCUT2D eigenvalue weighted by atomic mass is 16.4. The van der Waals surface area contributed by atoms with E-state index >= 15 is 0 Å². The van der Waals surface area contributed by atoms with Crippen LogP contribution >= 0.6 is 0 Å². The molecule has 0 spiro atoms. The second kappa shape index (κ2) is 5.08. The van der Waals surface area contributed by atoms with E-state index in [1.54, 1.807) is 6.07 Å². The van der Waals surface area contributed by atoms with Crippen LogP contribution in [0.3, 0.4) is 0 Å². The van der Waals surface area contributed by atoms with Crippen molar-refractivity contribution in [2.45, 2.75) is 12.8 Å². The number of rotatable bonds is 3. The summed E-state index contributed by atoms with van der Waals surface area (Å²) in [5.74, 6) is -1.57. The van der Waals surface area contributed by atoms with Gasteiger partial charge in [-0.3, -0.25) is 4.79 Å². The second-order valence-electron chi connectivity index (χ2n) is 5.22. The molecule has 1 unspecified atom stereocenters. The van der Waals surface area contributed by atoms with Crippen LogP contribution in [0.15, 0.2) is 18.2 Å². The highest BCUT2D eigenvalue weighted by Gasteiger charge is 2.26. The van der Waals surface area contributed by atoms with Gasteiger partial charge in [0.15, 0.2) is 0 Å². The number of aliphatic carboxylic acids is 1. The number of carbonyl (C=O) groups is 2. The first kappa shape index (κ1) is 13.4. The first-order valence-electron chi connectivity index (χ1n) is 6.75. The van der Waals surface area contributed by atoms with Crippen LogP contribution in [-0.2, 0) is 4.79 Å². The Kier molecular flexibility index (Phi) is 3.25. The average Bonchev–Trinajstić information content (AvgIpc) is 2.90. The molecule has 1 aromatic carbocycles. The predicted molar refractivity (Wildman–Crippen MR) is 75.6 cm³/mol. The van der Waals surface area contributed by atoms with Gasteiger partial charge in [-0.25, -0.2) is 9.78 Å². The number of hydrogen-bond donors (Lipinski definition) is 3. The van der Waals surface area contributed by atoms with Gasteiger partial charge in [0.1, 0.15) is 0 Å². The zero-order valence-corrected chi connectivity index (χ0v) is 11.2. The molecule has 0 amide bonds. The Morgan fingerprint density at radius 1 is 1.33 bits per heavy atom. The zero-order chi connectivity index (χ0) is 15.0. The van der Waals surface area contributed by atoms with Crippen molar-refractivity contribution in [3.05, 3.63) is 23.8 Å². The maximum atomic E-state index is 11.1. The van der Waals surface area contributed by atoms with Gasteiger partial charge in [0, 0.05) is 13.1 Å². The van der Waals surface area contributed by atoms with Crippen molar-refractivity contribution in [3.63, 3.8) is 0 Å². The number of imidazole rings is 1. The van der Waals surface area contributed by atoms with E-state index in [9.17, 15) is 9.59 Å². The molecule has 110 valence electrons. The quantitative estimate of drug-likeness (QED) is 0.791. The summed E-state index contributed by atoms with van der Waals surface area (Å²) in [7, 11) is 0. The number of anilines is 1. The lowest BCUT2D eigenvalue weighted by Gasteiger charge is -2.30. The molecule has 1 fully saturated rings. The molecule has 1 atom stereocenters. The van der Waals surface area contributed by atoms with E-state index in [1.807, 2.05) is 4.90 Å². The van der Waals surface area contributed by atoms with E-state index < -0.39 is 11.9 Å². The number of carboxylic acid groups (broad SMARTS) is 2. The number of fused-ring (bicyclic) bond motifs is 1. The van der Waals surface area contributed by atoms with Gasteiger partial charge in [0.05, 0.1) is 22.5 Å². The first-order chi connectivity index (χ1) is 10.0. The fourth-order valence-corrected chi connectivity index (χ4v) is 2.65. The summed E-state index contributed by atoms with van der Waals surface area (Å²) >= 11 is 0. The molecule has 1 saturated heterocycles. The Bertz CT molecular complexity index is 709. The monoisotopic (exact) mass is 289 g/mol. The van der Waals surface area contributed by atoms with E-state index in [-0.39, 0.29) is 11.5 Å². The van der Waals surface area contributed by atoms with Crippen molar-refractivity contribution < 1.29 is 19.8 Å². The Hall–Kier alpha value is -2.57. The van der Waals surface area contributed by atoms with Gasteiger partial charge in [-0.2, -0.15) is 0 Å². The molecular weight excluding hydrogens is 274 g/mol. The fraction of sp³-hybridized carbons (Fsp3) is 0.357. The molecule has 1 aliphatic rings.